The van der Waals surface area contributed by atoms with Crippen LogP contribution in [0.15, 0.2) is 54.6 Å². The molecule has 0 spiro atoms. The monoisotopic (exact) mass is 359 g/mol. The van der Waals surface area contributed by atoms with Crippen LogP contribution in [0.3, 0.4) is 0 Å². The lowest BCUT2D eigenvalue weighted by atomic mass is 10.2. The Hall–Kier alpha value is -2.93. The van der Waals surface area contributed by atoms with Crippen molar-refractivity contribution in [1.82, 2.24) is 10.9 Å². The van der Waals surface area contributed by atoms with Crippen LogP contribution in [0.1, 0.15) is 12.5 Å². The number of rotatable bonds is 5. The molecule has 7 heteroatoms. The number of amides is 1. The Bertz CT molecular complexity index is 780. The highest BCUT2D eigenvalue weighted by atomic mass is 32.1. The number of hydrogen-bond acceptors (Lipinski definition) is 3. The second kappa shape index (κ2) is 9.39. The molecule has 2 aromatic carbocycles. The summed E-state index contributed by atoms with van der Waals surface area (Å²) in [6.45, 7) is 2.43. The van der Waals surface area contributed by atoms with Crippen molar-refractivity contribution in [3.8, 4) is 5.75 Å². The number of carbonyl (C=O) groups excluding carboxylic acids is 1. The Morgan fingerprint density at radius 3 is 2.64 bits per heavy atom. The van der Waals surface area contributed by atoms with E-state index in [-0.39, 0.29) is 10.8 Å². The summed E-state index contributed by atoms with van der Waals surface area (Å²) in [6, 6.07) is 13.5. The SMILES string of the molecule is CCOc1ccccc1/C=C/C(=O)NNC(=S)Nc1ccccc1F. The standard InChI is InChI=1S/C18H18FN3O2S/c1-2-24-16-10-6-3-7-13(16)11-12-17(23)21-22-18(25)20-15-9-5-4-8-14(15)19/h3-12H,2H2,1H3,(H,21,23)(H2,20,22,25)/b12-11+. The topological polar surface area (TPSA) is 62.4 Å². The zero-order valence-corrected chi connectivity index (χ0v) is 14.4. The minimum atomic E-state index is -0.439. The fraction of sp³-hybridized carbons (Fsp3) is 0.111. The summed E-state index contributed by atoms with van der Waals surface area (Å²) in [6.07, 6.45) is 2.98. The maximum Gasteiger partial charge on any atom is 0.262 e. The third kappa shape index (κ3) is 5.89. The van der Waals surface area contributed by atoms with E-state index in [1.165, 1.54) is 18.2 Å². The molecule has 0 atom stereocenters. The molecule has 0 aliphatic carbocycles. The van der Waals surface area contributed by atoms with E-state index in [0.29, 0.717) is 12.4 Å². The van der Waals surface area contributed by atoms with Crippen LogP contribution in [-0.4, -0.2) is 17.6 Å². The molecule has 5 nitrogen and oxygen atoms in total. The fourth-order valence-electron chi connectivity index (χ4n) is 1.95. The maximum absolute atomic E-state index is 13.5. The van der Waals surface area contributed by atoms with Crippen LogP contribution in [-0.2, 0) is 4.79 Å². The number of thiocarbonyl (C=S) groups is 1. The summed E-state index contributed by atoms with van der Waals surface area (Å²) in [5.41, 5.74) is 5.91. The van der Waals surface area contributed by atoms with Crippen LogP contribution in [0.5, 0.6) is 5.75 Å². The maximum atomic E-state index is 13.5. The average molecular weight is 359 g/mol. The van der Waals surface area contributed by atoms with Gasteiger partial charge in [-0.25, -0.2) is 4.39 Å². The highest BCUT2D eigenvalue weighted by Crippen LogP contribution is 2.19. The van der Waals surface area contributed by atoms with E-state index in [9.17, 15) is 9.18 Å². The zero-order valence-electron chi connectivity index (χ0n) is 13.6. The van der Waals surface area contributed by atoms with E-state index >= 15 is 0 Å². The molecule has 0 radical (unpaired) electrons. The smallest absolute Gasteiger partial charge is 0.262 e. The summed E-state index contributed by atoms with van der Waals surface area (Å²) < 4.78 is 19.0. The number of halogens is 1. The van der Waals surface area contributed by atoms with Gasteiger partial charge < -0.3 is 10.1 Å². The van der Waals surface area contributed by atoms with Gasteiger partial charge in [-0.15, -0.1) is 0 Å². The van der Waals surface area contributed by atoms with Crippen molar-refractivity contribution in [2.45, 2.75) is 6.92 Å². The first kappa shape index (κ1) is 18.4. The molecule has 2 rings (SSSR count). The Labute approximate surface area is 150 Å². The summed E-state index contributed by atoms with van der Waals surface area (Å²) >= 11 is 5.00. The highest BCUT2D eigenvalue weighted by molar-refractivity contribution is 7.80. The van der Waals surface area contributed by atoms with Crippen molar-refractivity contribution in [3.63, 3.8) is 0 Å². The quantitative estimate of drug-likeness (QED) is 0.435. The lowest BCUT2D eigenvalue weighted by Gasteiger charge is -2.11. The minimum absolute atomic E-state index is 0.0709. The molecular formula is C18H18FN3O2S. The molecule has 0 aromatic heterocycles. The number of carbonyl (C=O) groups is 1. The second-order valence-corrected chi connectivity index (χ2v) is 5.26. The van der Waals surface area contributed by atoms with Crippen molar-refractivity contribution in [3.05, 3.63) is 66.0 Å². The molecule has 3 N–H and O–H groups in total. The first-order valence-corrected chi connectivity index (χ1v) is 8.02. The van der Waals surface area contributed by atoms with Gasteiger partial charge in [0.1, 0.15) is 11.6 Å². The van der Waals surface area contributed by atoms with Crippen LogP contribution in [0.25, 0.3) is 6.08 Å². The first-order chi connectivity index (χ1) is 12.1. The summed E-state index contributed by atoms with van der Waals surface area (Å²) in [4.78, 5) is 11.8. The lowest BCUT2D eigenvalue weighted by molar-refractivity contribution is -0.116. The van der Waals surface area contributed by atoms with Crippen LogP contribution in [0.4, 0.5) is 10.1 Å². The van der Waals surface area contributed by atoms with Crippen molar-refractivity contribution >= 4 is 35.0 Å². The average Bonchev–Trinajstić information content (AvgIpc) is 2.61. The molecule has 0 saturated heterocycles. The fourth-order valence-corrected chi connectivity index (χ4v) is 2.11. The van der Waals surface area contributed by atoms with E-state index < -0.39 is 11.7 Å². The largest absolute Gasteiger partial charge is 0.493 e. The van der Waals surface area contributed by atoms with Crippen molar-refractivity contribution in [1.29, 1.82) is 0 Å². The van der Waals surface area contributed by atoms with E-state index in [0.717, 1.165) is 5.56 Å². The molecule has 0 unspecified atom stereocenters. The zero-order chi connectivity index (χ0) is 18.1. The van der Waals surface area contributed by atoms with Gasteiger partial charge in [0.2, 0.25) is 0 Å². The number of para-hydroxylation sites is 2. The van der Waals surface area contributed by atoms with Gasteiger partial charge in [0.05, 0.1) is 12.3 Å². The van der Waals surface area contributed by atoms with Gasteiger partial charge in [-0.2, -0.15) is 0 Å². The van der Waals surface area contributed by atoms with Gasteiger partial charge >= 0.3 is 0 Å². The van der Waals surface area contributed by atoms with Crippen LogP contribution < -0.4 is 20.9 Å². The number of hydrazine groups is 1. The number of anilines is 1. The van der Waals surface area contributed by atoms with E-state index in [4.69, 9.17) is 17.0 Å². The van der Waals surface area contributed by atoms with Gasteiger partial charge in [-0.05, 0) is 43.4 Å². The van der Waals surface area contributed by atoms with Gasteiger partial charge in [-0.3, -0.25) is 15.6 Å². The molecular weight excluding hydrogens is 341 g/mol. The molecule has 0 aliphatic rings. The Balaban J connectivity index is 1.86. The predicted octanol–water partition coefficient (Wildman–Crippen LogP) is 3.26. The van der Waals surface area contributed by atoms with Crippen LogP contribution in [0.2, 0.25) is 0 Å². The molecule has 1 amide bonds. The van der Waals surface area contributed by atoms with Gasteiger partial charge in [0, 0.05) is 11.6 Å². The Morgan fingerprint density at radius 1 is 1.16 bits per heavy atom. The molecule has 25 heavy (non-hydrogen) atoms. The van der Waals surface area contributed by atoms with Gasteiger partial charge in [-0.1, -0.05) is 30.3 Å². The van der Waals surface area contributed by atoms with Crippen molar-refractivity contribution < 1.29 is 13.9 Å². The molecule has 0 saturated carbocycles. The molecule has 130 valence electrons. The van der Waals surface area contributed by atoms with Gasteiger partial charge in [0.25, 0.3) is 5.91 Å². The predicted molar refractivity (Wildman–Crippen MR) is 101 cm³/mol. The third-order valence-corrected chi connectivity index (χ3v) is 3.26. The lowest BCUT2D eigenvalue weighted by Crippen LogP contribution is -2.43. The van der Waals surface area contributed by atoms with E-state index in [1.807, 2.05) is 31.2 Å². The Morgan fingerprint density at radius 2 is 1.88 bits per heavy atom. The number of ether oxygens (including phenoxy) is 1. The van der Waals surface area contributed by atoms with Crippen molar-refractivity contribution in [2.75, 3.05) is 11.9 Å². The number of hydrogen-bond donors (Lipinski definition) is 3. The van der Waals surface area contributed by atoms with Crippen LogP contribution >= 0.6 is 12.2 Å². The van der Waals surface area contributed by atoms with Crippen molar-refractivity contribution in [2.24, 2.45) is 0 Å². The Kier molecular flexibility index (Phi) is 6.91. The molecule has 0 heterocycles. The third-order valence-electron chi connectivity index (χ3n) is 3.05. The molecule has 2 aromatic rings. The normalized spacial score (nSPS) is 10.3. The molecule has 0 fully saturated rings. The highest BCUT2D eigenvalue weighted by Gasteiger charge is 2.04. The summed E-state index contributed by atoms with van der Waals surface area (Å²) in [5, 5.41) is 2.72. The van der Waals surface area contributed by atoms with E-state index in [1.54, 1.807) is 18.2 Å². The van der Waals surface area contributed by atoms with E-state index in [2.05, 4.69) is 16.2 Å². The second-order valence-electron chi connectivity index (χ2n) is 4.85. The first-order valence-electron chi connectivity index (χ1n) is 7.61. The van der Waals surface area contributed by atoms with Crippen LogP contribution in [0, 0.1) is 5.82 Å². The minimum Gasteiger partial charge on any atom is -0.493 e. The molecule has 0 bridgehead atoms. The number of nitrogens with one attached hydrogen (secondary N) is 3. The number of benzene rings is 2. The summed E-state index contributed by atoms with van der Waals surface area (Å²) in [5.74, 6) is -0.159. The van der Waals surface area contributed by atoms with Gasteiger partial charge in [0.15, 0.2) is 5.11 Å². The molecule has 0 aliphatic heterocycles. The summed E-state index contributed by atoms with van der Waals surface area (Å²) in [7, 11) is 0.